The van der Waals surface area contributed by atoms with Gasteiger partial charge in [-0.05, 0) is 6.42 Å². The normalized spacial score (nSPS) is 21.9. The number of rotatable bonds is 5. The Kier molecular flexibility index (Phi) is 4.47. The fourth-order valence-corrected chi connectivity index (χ4v) is 1.92. The summed E-state index contributed by atoms with van der Waals surface area (Å²) < 4.78 is 10.5. The highest BCUT2D eigenvalue weighted by atomic mass is 16.5. The maximum Gasteiger partial charge on any atom is 0.240 e. The Morgan fingerprint density at radius 2 is 2.41 bits per heavy atom. The van der Waals surface area contributed by atoms with Gasteiger partial charge in [0, 0.05) is 13.0 Å². The zero-order chi connectivity index (χ0) is 12.1. The maximum atomic E-state index is 9.24. The Balaban J connectivity index is 1.93. The molecule has 2 heterocycles. The molecule has 0 radical (unpaired) electrons. The molecule has 2 rings (SSSR count). The van der Waals surface area contributed by atoms with Gasteiger partial charge in [-0.1, -0.05) is 12.1 Å². The lowest BCUT2D eigenvalue weighted by Gasteiger charge is -2.33. The molecule has 96 valence electrons. The number of nitrogens with zero attached hydrogens (tertiary/aromatic N) is 3. The van der Waals surface area contributed by atoms with Crippen LogP contribution in [0.15, 0.2) is 4.52 Å². The highest BCUT2D eigenvalue weighted by molar-refractivity contribution is 4.88. The highest BCUT2D eigenvalue weighted by Gasteiger charge is 2.24. The van der Waals surface area contributed by atoms with Gasteiger partial charge in [-0.2, -0.15) is 4.98 Å². The minimum absolute atomic E-state index is 0.0327. The second-order valence-electron chi connectivity index (χ2n) is 4.24. The molecular weight excluding hydrogens is 222 g/mol. The first-order chi connectivity index (χ1) is 8.33. The van der Waals surface area contributed by atoms with Gasteiger partial charge in [0.15, 0.2) is 5.82 Å². The van der Waals surface area contributed by atoms with Crippen LogP contribution in [0.2, 0.25) is 0 Å². The smallest absolute Gasteiger partial charge is 0.240 e. The molecule has 0 amide bonds. The highest BCUT2D eigenvalue weighted by Crippen LogP contribution is 2.11. The minimum Gasteiger partial charge on any atom is -0.395 e. The zero-order valence-corrected chi connectivity index (χ0v) is 10.1. The molecule has 1 unspecified atom stereocenters. The summed E-state index contributed by atoms with van der Waals surface area (Å²) in [7, 11) is 0. The van der Waals surface area contributed by atoms with Crippen LogP contribution in [0.4, 0.5) is 0 Å². The molecule has 1 aromatic heterocycles. The van der Waals surface area contributed by atoms with Crippen molar-refractivity contribution in [1.29, 1.82) is 0 Å². The molecule has 1 saturated heterocycles. The van der Waals surface area contributed by atoms with Crippen molar-refractivity contribution in [2.75, 3.05) is 26.4 Å². The molecule has 0 aromatic carbocycles. The zero-order valence-electron chi connectivity index (χ0n) is 10.1. The van der Waals surface area contributed by atoms with Crippen LogP contribution in [0.3, 0.4) is 0 Å². The van der Waals surface area contributed by atoms with Crippen molar-refractivity contribution >= 4 is 0 Å². The van der Waals surface area contributed by atoms with Crippen molar-refractivity contribution in [3.8, 4) is 0 Å². The summed E-state index contributed by atoms with van der Waals surface area (Å²) in [6, 6.07) is 0.0327. The molecule has 1 N–H and O–H groups in total. The van der Waals surface area contributed by atoms with Crippen LogP contribution in [0.5, 0.6) is 0 Å². The topological polar surface area (TPSA) is 71.6 Å². The van der Waals surface area contributed by atoms with E-state index in [0.717, 1.165) is 25.2 Å². The van der Waals surface area contributed by atoms with Gasteiger partial charge in [-0.15, -0.1) is 0 Å². The number of hydrogen-bond donors (Lipinski definition) is 1. The summed E-state index contributed by atoms with van der Waals surface area (Å²) in [6.07, 6.45) is 1.85. The molecule has 17 heavy (non-hydrogen) atoms. The van der Waals surface area contributed by atoms with Crippen molar-refractivity contribution in [2.45, 2.75) is 32.4 Å². The Hall–Kier alpha value is -0.980. The number of hydrogen-bond acceptors (Lipinski definition) is 6. The molecule has 1 aromatic rings. The van der Waals surface area contributed by atoms with E-state index in [1.807, 2.05) is 0 Å². The summed E-state index contributed by atoms with van der Waals surface area (Å²) in [5.41, 5.74) is 0. The lowest BCUT2D eigenvalue weighted by atomic mass is 10.2. The molecule has 6 nitrogen and oxygen atoms in total. The molecular formula is C11H19N3O3. The second kappa shape index (κ2) is 6.09. The van der Waals surface area contributed by atoms with Gasteiger partial charge < -0.3 is 14.4 Å². The van der Waals surface area contributed by atoms with Gasteiger partial charge in [0.25, 0.3) is 0 Å². The molecule has 1 aliphatic heterocycles. The van der Waals surface area contributed by atoms with E-state index in [0.29, 0.717) is 25.6 Å². The number of aromatic nitrogens is 2. The summed E-state index contributed by atoms with van der Waals surface area (Å²) in [4.78, 5) is 6.44. The van der Waals surface area contributed by atoms with E-state index in [1.54, 1.807) is 0 Å². The molecule has 0 bridgehead atoms. The predicted octanol–water partition coefficient (Wildman–Crippen LogP) is 0.215. The molecule has 0 spiro atoms. The fraction of sp³-hybridized carbons (Fsp3) is 0.818. The number of aliphatic hydroxyl groups excluding tert-OH is 1. The molecule has 0 aliphatic carbocycles. The van der Waals surface area contributed by atoms with Gasteiger partial charge in [0.05, 0.1) is 32.4 Å². The quantitative estimate of drug-likeness (QED) is 0.795. The lowest BCUT2D eigenvalue weighted by molar-refractivity contribution is -0.0348. The van der Waals surface area contributed by atoms with Gasteiger partial charge in [0.1, 0.15) is 0 Å². The predicted molar refractivity (Wildman–Crippen MR) is 60.4 cm³/mol. The lowest BCUT2D eigenvalue weighted by Crippen LogP contribution is -2.46. The number of aryl methyl sites for hydroxylation is 1. The minimum atomic E-state index is 0.0327. The average molecular weight is 241 g/mol. The van der Waals surface area contributed by atoms with Crippen LogP contribution in [0.1, 0.15) is 25.1 Å². The van der Waals surface area contributed by atoms with Crippen molar-refractivity contribution < 1.29 is 14.4 Å². The van der Waals surface area contributed by atoms with E-state index in [9.17, 15) is 5.11 Å². The third-order valence-electron chi connectivity index (χ3n) is 2.88. The molecule has 1 fully saturated rings. The SMILES string of the molecule is CCCc1noc(CN2CCOCC2CO)n1. The summed E-state index contributed by atoms with van der Waals surface area (Å²) >= 11 is 0. The third kappa shape index (κ3) is 3.24. The second-order valence-corrected chi connectivity index (χ2v) is 4.24. The van der Waals surface area contributed by atoms with E-state index in [-0.39, 0.29) is 12.6 Å². The summed E-state index contributed by atoms with van der Waals surface area (Å²) in [5, 5.41) is 13.2. The van der Waals surface area contributed by atoms with E-state index in [4.69, 9.17) is 9.26 Å². The average Bonchev–Trinajstić information content (AvgIpc) is 2.78. The summed E-state index contributed by atoms with van der Waals surface area (Å²) in [6.45, 7) is 4.80. The van der Waals surface area contributed by atoms with Crippen molar-refractivity contribution in [2.24, 2.45) is 0 Å². The molecule has 1 atom stereocenters. The van der Waals surface area contributed by atoms with Crippen LogP contribution in [0, 0.1) is 0 Å². The van der Waals surface area contributed by atoms with Gasteiger partial charge >= 0.3 is 0 Å². The van der Waals surface area contributed by atoms with Crippen LogP contribution < -0.4 is 0 Å². The molecule has 1 aliphatic rings. The fourth-order valence-electron chi connectivity index (χ4n) is 1.92. The van der Waals surface area contributed by atoms with Crippen LogP contribution in [-0.2, 0) is 17.7 Å². The van der Waals surface area contributed by atoms with Crippen LogP contribution in [0.25, 0.3) is 0 Å². The van der Waals surface area contributed by atoms with Gasteiger partial charge in [-0.25, -0.2) is 0 Å². The first-order valence-electron chi connectivity index (χ1n) is 6.07. The van der Waals surface area contributed by atoms with Gasteiger partial charge in [-0.3, -0.25) is 4.90 Å². The number of aliphatic hydroxyl groups is 1. The standard InChI is InChI=1S/C11H19N3O3/c1-2-3-10-12-11(17-13-10)6-14-4-5-16-8-9(14)7-15/h9,15H,2-8H2,1H3. The van der Waals surface area contributed by atoms with Crippen molar-refractivity contribution in [1.82, 2.24) is 15.0 Å². The monoisotopic (exact) mass is 241 g/mol. The van der Waals surface area contributed by atoms with Crippen LogP contribution >= 0.6 is 0 Å². The van der Waals surface area contributed by atoms with E-state index < -0.39 is 0 Å². The first-order valence-corrected chi connectivity index (χ1v) is 6.07. The Bertz CT molecular complexity index is 342. The Morgan fingerprint density at radius 1 is 1.53 bits per heavy atom. The Labute approximate surface area is 101 Å². The third-order valence-corrected chi connectivity index (χ3v) is 2.88. The molecule has 6 heteroatoms. The van der Waals surface area contributed by atoms with E-state index >= 15 is 0 Å². The largest absolute Gasteiger partial charge is 0.395 e. The summed E-state index contributed by atoms with van der Waals surface area (Å²) in [5.74, 6) is 1.38. The van der Waals surface area contributed by atoms with Gasteiger partial charge in [0.2, 0.25) is 5.89 Å². The van der Waals surface area contributed by atoms with Crippen molar-refractivity contribution in [3.05, 3.63) is 11.7 Å². The maximum absolute atomic E-state index is 9.24. The number of ether oxygens (including phenoxy) is 1. The van der Waals surface area contributed by atoms with E-state index in [1.165, 1.54) is 0 Å². The Morgan fingerprint density at radius 3 is 3.18 bits per heavy atom. The van der Waals surface area contributed by atoms with Crippen LogP contribution in [-0.4, -0.2) is 52.6 Å². The first kappa shape index (κ1) is 12.5. The van der Waals surface area contributed by atoms with E-state index in [2.05, 4.69) is 22.0 Å². The van der Waals surface area contributed by atoms with Crippen molar-refractivity contribution in [3.63, 3.8) is 0 Å². The molecule has 0 saturated carbocycles. The number of morpholine rings is 1.